The first kappa shape index (κ1) is 12.6. The van der Waals surface area contributed by atoms with Crippen molar-refractivity contribution in [1.82, 2.24) is 4.98 Å². The molecule has 1 atom stereocenters. The summed E-state index contributed by atoms with van der Waals surface area (Å²) < 4.78 is 12.3. The molecule has 1 aromatic heterocycles. The van der Waals surface area contributed by atoms with Crippen molar-refractivity contribution in [2.45, 2.75) is 12.5 Å². The molecule has 0 N–H and O–H groups in total. The largest absolute Gasteiger partial charge is 0.488 e. The Kier molecular flexibility index (Phi) is 3.80. The van der Waals surface area contributed by atoms with Gasteiger partial charge >= 0.3 is 0 Å². The molecular weight excluding hydrogens is 306 g/mol. The molecule has 0 amide bonds. The average molecular weight is 320 g/mol. The minimum Gasteiger partial charge on any atom is -0.488 e. The molecule has 3 nitrogen and oxygen atoms in total. The number of nitrogens with zero attached hydrogens (tertiary/aromatic N) is 1. The summed E-state index contributed by atoms with van der Waals surface area (Å²) in [6.45, 7) is 1.25. The van der Waals surface area contributed by atoms with Gasteiger partial charge < -0.3 is 9.47 Å². The first-order valence-electron chi connectivity index (χ1n) is 6.27. The number of hydrogen-bond donors (Lipinski definition) is 0. The minimum absolute atomic E-state index is 0.00273. The molecule has 0 radical (unpaired) electrons. The molecule has 2 aromatic rings. The number of rotatable bonds is 3. The van der Waals surface area contributed by atoms with Gasteiger partial charge in [-0.2, -0.15) is 0 Å². The topological polar surface area (TPSA) is 31.4 Å². The van der Waals surface area contributed by atoms with E-state index >= 15 is 0 Å². The van der Waals surface area contributed by atoms with E-state index in [1.54, 1.807) is 6.20 Å². The van der Waals surface area contributed by atoms with Crippen LogP contribution in [0.25, 0.3) is 0 Å². The van der Waals surface area contributed by atoms with Gasteiger partial charge in [-0.05, 0) is 45.6 Å². The second kappa shape index (κ2) is 5.72. The Hall–Kier alpha value is -1.39. The number of ether oxygens (including phenoxy) is 2. The Morgan fingerprint density at radius 1 is 1.26 bits per heavy atom. The fraction of sp³-hybridized carbons (Fsp3) is 0.267. The molecule has 0 spiro atoms. The first-order chi connectivity index (χ1) is 9.34. The molecule has 1 aliphatic heterocycles. The zero-order valence-electron chi connectivity index (χ0n) is 10.4. The van der Waals surface area contributed by atoms with Crippen molar-refractivity contribution in [2.75, 3.05) is 13.2 Å². The van der Waals surface area contributed by atoms with Crippen LogP contribution >= 0.6 is 15.9 Å². The summed E-state index contributed by atoms with van der Waals surface area (Å²) in [6, 6.07) is 12.1. The van der Waals surface area contributed by atoms with E-state index in [1.807, 2.05) is 18.2 Å². The average Bonchev–Trinajstić information content (AvgIpc) is 2.46. The molecule has 1 unspecified atom stereocenters. The Bertz CT molecular complexity index is 574. The summed E-state index contributed by atoms with van der Waals surface area (Å²) in [6.07, 6.45) is 2.70. The lowest BCUT2D eigenvalue weighted by Crippen LogP contribution is -2.21. The molecule has 3 rings (SSSR count). The molecule has 0 saturated heterocycles. The van der Waals surface area contributed by atoms with E-state index in [-0.39, 0.29) is 6.10 Å². The van der Waals surface area contributed by atoms with E-state index in [4.69, 9.17) is 9.47 Å². The number of hydrogen-bond acceptors (Lipinski definition) is 3. The van der Waals surface area contributed by atoms with Crippen LogP contribution in [0.15, 0.2) is 47.2 Å². The van der Waals surface area contributed by atoms with Crippen molar-refractivity contribution in [1.29, 1.82) is 0 Å². The Morgan fingerprint density at radius 3 is 3.05 bits per heavy atom. The van der Waals surface area contributed by atoms with E-state index in [2.05, 4.69) is 39.1 Å². The summed E-state index contributed by atoms with van der Waals surface area (Å²) >= 11 is 3.38. The van der Waals surface area contributed by atoms with Crippen LogP contribution in [0.3, 0.4) is 0 Å². The van der Waals surface area contributed by atoms with Gasteiger partial charge in [0.2, 0.25) is 0 Å². The van der Waals surface area contributed by atoms with Gasteiger partial charge in [0, 0.05) is 6.20 Å². The standard InChI is InChI=1S/C15H14BrNO2/c16-15-13(6-3-8-17-15)19-10-14-12-5-2-1-4-11(12)7-9-18-14/h1-6,8,14H,7,9-10H2. The number of halogens is 1. The normalized spacial score (nSPS) is 17.8. The van der Waals surface area contributed by atoms with Crippen LogP contribution in [0.2, 0.25) is 0 Å². The molecule has 0 aliphatic carbocycles. The fourth-order valence-electron chi connectivity index (χ4n) is 2.26. The van der Waals surface area contributed by atoms with Crippen LogP contribution in [0, 0.1) is 0 Å². The Balaban J connectivity index is 1.73. The van der Waals surface area contributed by atoms with Crippen LogP contribution in [-0.4, -0.2) is 18.2 Å². The van der Waals surface area contributed by atoms with Crippen molar-refractivity contribution < 1.29 is 9.47 Å². The number of fused-ring (bicyclic) bond motifs is 1. The lowest BCUT2D eigenvalue weighted by atomic mass is 9.98. The monoisotopic (exact) mass is 319 g/mol. The summed E-state index contributed by atoms with van der Waals surface area (Å²) in [5.41, 5.74) is 2.58. The third kappa shape index (κ3) is 2.80. The van der Waals surface area contributed by atoms with E-state index in [9.17, 15) is 0 Å². The van der Waals surface area contributed by atoms with Crippen LogP contribution in [-0.2, 0) is 11.2 Å². The van der Waals surface area contributed by atoms with Crippen molar-refractivity contribution >= 4 is 15.9 Å². The summed E-state index contributed by atoms with van der Waals surface area (Å²) in [5, 5.41) is 0. The van der Waals surface area contributed by atoms with Gasteiger partial charge in [0.1, 0.15) is 17.3 Å². The van der Waals surface area contributed by atoms with Crippen LogP contribution in [0.5, 0.6) is 5.75 Å². The third-order valence-electron chi connectivity index (χ3n) is 3.21. The third-order valence-corrected chi connectivity index (χ3v) is 3.80. The molecule has 2 heterocycles. The molecule has 1 aliphatic rings. The van der Waals surface area contributed by atoms with Crippen LogP contribution in [0.1, 0.15) is 17.2 Å². The molecule has 98 valence electrons. The minimum atomic E-state index is -0.00273. The molecule has 1 aromatic carbocycles. The molecule has 0 fully saturated rings. The van der Waals surface area contributed by atoms with E-state index in [0.717, 1.165) is 23.4 Å². The van der Waals surface area contributed by atoms with Gasteiger partial charge in [0.05, 0.1) is 6.61 Å². The van der Waals surface area contributed by atoms with Crippen LogP contribution < -0.4 is 4.74 Å². The summed E-state index contributed by atoms with van der Waals surface area (Å²) in [5.74, 6) is 0.745. The van der Waals surface area contributed by atoms with Gasteiger partial charge in [-0.3, -0.25) is 0 Å². The highest BCUT2D eigenvalue weighted by molar-refractivity contribution is 9.10. The molecule has 4 heteroatoms. The van der Waals surface area contributed by atoms with Gasteiger partial charge in [0.25, 0.3) is 0 Å². The Morgan fingerprint density at radius 2 is 2.16 bits per heavy atom. The highest BCUT2D eigenvalue weighted by Gasteiger charge is 2.21. The smallest absolute Gasteiger partial charge is 0.152 e. The van der Waals surface area contributed by atoms with Crippen molar-refractivity contribution in [3.63, 3.8) is 0 Å². The maximum Gasteiger partial charge on any atom is 0.152 e. The fourth-order valence-corrected chi connectivity index (χ4v) is 2.62. The summed E-state index contributed by atoms with van der Waals surface area (Å²) in [7, 11) is 0. The molecule has 0 saturated carbocycles. The number of aromatic nitrogens is 1. The van der Waals surface area contributed by atoms with Gasteiger partial charge in [-0.1, -0.05) is 24.3 Å². The second-order valence-electron chi connectivity index (χ2n) is 4.41. The van der Waals surface area contributed by atoms with E-state index < -0.39 is 0 Å². The quantitative estimate of drug-likeness (QED) is 0.811. The lowest BCUT2D eigenvalue weighted by Gasteiger charge is -2.26. The highest BCUT2D eigenvalue weighted by Crippen LogP contribution is 2.29. The first-order valence-corrected chi connectivity index (χ1v) is 7.06. The maximum absolute atomic E-state index is 5.81. The number of benzene rings is 1. The molecular formula is C15H14BrNO2. The van der Waals surface area contributed by atoms with Gasteiger partial charge in [0.15, 0.2) is 5.75 Å². The van der Waals surface area contributed by atoms with E-state index in [1.165, 1.54) is 11.1 Å². The highest BCUT2D eigenvalue weighted by atomic mass is 79.9. The Labute approximate surface area is 120 Å². The van der Waals surface area contributed by atoms with E-state index in [0.29, 0.717) is 6.61 Å². The molecule has 0 bridgehead atoms. The zero-order valence-corrected chi connectivity index (χ0v) is 12.0. The predicted octanol–water partition coefficient (Wildman–Crippen LogP) is 3.54. The van der Waals surface area contributed by atoms with Crippen molar-refractivity contribution in [3.05, 3.63) is 58.3 Å². The zero-order chi connectivity index (χ0) is 13.1. The second-order valence-corrected chi connectivity index (χ2v) is 5.16. The van der Waals surface area contributed by atoms with Crippen molar-refractivity contribution in [2.24, 2.45) is 0 Å². The lowest BCUT2D eigenvalue weighted by molar-refractivity contribution is 0.00993. The molecule has 19 heavy (non-hydrogen) atoms. The van der Waals surface area contributed by atoms with Gasteiger partial charge in [-0.15, -0.1) is 0 Å². The van der Waals surface area contributed by atoms with Gasteiger partial charge in [-0.25, -0.2) is 4.98 Å². The number of pyridine rings is 1. The predicted molar refractivity (Wildman–Crippen MR) is 76.3 cm³/mol. The van der Waals surface area contributed by atoms with Crippen LogP contribution in [0.4, 0.5) is 0 Å². The van der Waals surface area contributed by atoms with Crippen molar-refractivity contribution in [3.8, 4) is 5.75 Å². The summed E-state index contributed by atoms with van der Waals surface area (Å²) in [4.78, 5) is 4.14. The SMILES string of the molecule is Brc1ncccc1OCC1OCCc2ccccc21. The maximum atomic E-state index is 5.81.